The lowest BCUT2D eigenvalue weighted by molar-refractivity contribution is -0.137. The average Bonchev–Trinajstić information content (AvgIpc) is 2.87. The van der Waals surface area contributed by atoms with Crippen LogP contribution in [0.25, 0.3) is 0 Å². The summed E-state index contributed by atoms with van der Waals surface area (Å²) in [5.74, 6) is -1.23. The minimum atomic E-state index is -3.42. The summed E-state index contributed by atoms with van der Waals surface area (Å²) in [7, 11) is -3.42. The van der Waals surface area contributed by atoms with Crippen molar-refractivity contribution in [1.29, 1.82) is 0 Å². The van der Waals surface area contributed by atoms with Gasteiger partial charge in [0.15, 0.2) is 9.84 Å². The molecule has 23 heavy (non-hydrogen) atoms. The van der Waals surface area contributed by atoms with Crippen molar-refractivity contribution in [3.63, 3.8) is 0 Å². The maximum Gasteiger partial charge on any atom is 0.305 e. The Bertz CT molecular complexity index is 754. The van der Waals surface area contributed by atoms with Gasteiger partial charge in [-0.05, 0) is 49.9 Å². The summed E-state index contributed by atoms with van der Waals surface area (Å²) in [6.45, 7) is 4.04. The number of likely N-dealkylation sites (tertiary alicyclic amines) is 1. The van der Waals surface area contributed by atoms with E-state index in [0.717, 1.165) is 23.8 Å². The van der Waals surface area contributed by atoms with Crippen LogP contribution in [0.5, 0.6) is 0 Å². The standard InChI is InChI=1S/C16H21NO5S/c1-10-7-13(23(3,21)22)9-14(11(10)2)16(20)17-6-4-5-12(17)8-15(18)19/h7,9,12H,4-6,8H2,1-3H3,(H,18,19). The molecule has 1 atom stereocenters. The zero-order chi connectivity index (χ0) is 17.4. The molecule has 1 amide bonds. The third kappa shape index (κ3) is 3.72. The number of hydrogen-bond acceptors (Lipinski definition) is 4. The van der Waals surface area contributed by atoms with Crippen molar-refractivity contribution >= 4 is 21.7 Å². The molecule has 6 nitrogen and oxygen atoms in total. The highest BCUT2D eigenvalue weighted by Gasteiger charge is 2.32. The number of carboxylic acid groups (broad SMARTS) is 1. The Morgan fingerprint density at radius 3 is 2.52 bits per heavy atom. The van der Waals surface area contributed by atoms with Gasteiger partial charge in [0.25, 0.3) is 5.91 Å². The fourth-order valence-electron chi connectivity index (χ4n) is 2.93. The second kappa shape index (κ2) is 6.31. The normalized spacial score (nSPS) is 18.2. The Kier molecular flexibility index (Phi) is 4.79. The van der Waals surface area contributed by atoms with Gasteiger partial charge in [-0.15, -0.1) is 0 Å². The van der Waals surface area contributed by atoms with Gasteiger partial charge in [0.05, 0.1) is 11.3 Å². The first-order valence-electron chi connectivity index (χ1n) is 7.45. The van der Waals surface area contributed by atoms with Gasteiger partial charge >= 0.3 is 5.97 Å². The number of aryl methyl sites for hydroxylation is 1. The van der Waals surface area contributed by atoms with Crippen LogP contribution in [0.1, 0.15) is 40.7 Å². The van der Waals surface area contributed by atoms with Crippen LogP contribution in [0.4, 0.5) is 0 Å². The Morgan fingerprint density at radius 2 is 1.96 bits per heavy atom. The summed E-state index contributed by atoms with van der Waals surface area (Å²) >= 11 is 0. The topological polar surface area (TPSA) is 91.8 Å². The molecule has 0 bridgehead atoms. The van der Waals surface area contributed by atoms with Gasteiger partial charge in [0, 0.05) is 24.4 Å². The molecule has 1 saturated heterocycles. The van der Waals surface area contributed by atoms with E-state index in [1.54, 1.807) is 24.8 Å². The van der Waals surface area contributed by atoms with E-state index in [9.17, 15) is 18.0 Å². The number of rotatable bonds is 4. The first-order chi connectivity index (χ1) is 10.6. The molecule has 1 unspecified atom stereocenters. The van der Waals surface area contributed by atoms with Crippen molar-refractivity contribution in [1.82, 2.24) is 4.90 Å². The number of nitrogens with zero attached hydrogens (tertiary/aromatic N) is 1. The van der Waals surface area contributed by atoms with E-state index < -0.39 is 15.8 Å². The van der Waals surface area contributed by atoms with E-state index in [1.807, 2.05) is 0 Å². The van der Waals surface area contributed by atoms with Crippen LogP contribution in [0.3, 0.4) is 0 Å². The predicted octanol–water partition coefficient (Wildman–Crippen LogP) is 1.79. The number of sulfone groups is 1. The Morgan fingerprint density at radius 1 is 1.30 bits per heavy atom. The molecule has 0 aromatic heterocycles. The Hall–Kier alpha value is -1.89. The molecule has 1 N–H and O–H groups in total. The van der Waals surface area contributed by atoms with Crippen molar-refractivity contribution in [3.8, 4) is 0 Å². The van der Waals surface area contributed by atoms with Crippen molar-refractivity contribution in [3.05, 3.63) is 28.8 Å². The summed E-state index contributed by atoms with van der Waals surface area (Å²) < 4.78 is 23.6. The highest BCUT2D eigenvalue weighted by Crippen LogP contribution is 2.26. The van der Waals surface area contributed by atoms with Crippen molar-refractivity contribution in [2.24, 2.45) is 0 Å². The lowest BCUT2D eigenvalue weighted by atomic mass is 10.0. The summed E-state index contributed by atoms with van der Waals surface area (Å²) in [6, 6.07) is 2.62. The molecule has 0 saturated carbocycles. The van der Waals surface area contributed by atoms with Crippen LogP contribution in [0.2, 0.25) is 0 Å². The fourth-order valence-corrected chi connectivity index (χ4v) is 3.66. The molecule has 1 aromatic carbocycles. The smallest absolute Gasteiger partial charge is 0.305 e. The van der Waals surface area contributed by atoms with E-state index in [0.29, 0.717) is 18.5 Å². The third-order valence-electron chi connectivity index (χ3n) is 4.35. The van der Waals surface area contributed by atoms with Gasteiger partial charge in [-0.1, -0.05) is 0 Å². The molecule has 0 radical (unpaired) electrons. The summed E-state index contributed by atoms with van der Waals surface area (Å²) in [4.78, 5) is 25.4. The minimum Gasteiger partial charge on any atom is -0.481 e. The van der Waals surface area contributed by atoms with Crippen LogP contribution < -0.4 is 0 Å². The number of hydrogen-bond donors (Lipinski definition) is 1. The molecule has 1 aliphatic heterocycles. The zero-order valence-corrected chi connectivity index (χ0v) is 14.3. The van der Waals surface area contributed by atoms with E-state index in [-0.39, 0.29) is 23.3 Å². The molecular formula is C16H21NO5S. The summed E-state index contributed by atoms with van der Waals surface area (Å²) in [6.07, 6.45) is 2.43. The van der Waals surface area contributed by atoms with Crippen molar-refractivity contribution in [2.75, 3.05) is 12.8 Å². The van der Waals surface area contributed by atoms with Gasteiger partial charge in [0.2, 0.25) is 0 Å². The Balaban J connectivity index is 2.43. The summed E-state index contributed by atoms with van der Waals surface area (Å²) in [5, 5.41) is 8.98. The van der Waals surface area contributed by atoms with Gasteiger partial charge in [-0.2, -0.15) is 0 Å². The second-order valence-corrected chi connectivity index (χ2v) is 8.09. The van der Waals surface area contributed by atoms with Gasteiger partial charge in [-0.3, -0.25) is 9.59 Å². The highest BCUT2D eigenvalue weighted by atomic mass is 32.2. The van der Waals surface area contributed by atoms with Gasteiger partial charge in [0.1, 0.15) is 0 Å². The number of aliphatic carboxylic acids is 1. The van der Waals surface area contributed by atoms with Crippen LogP contribution in [0.15, 0.2) is 17.0 Å². The maximum absolute atomic E-state index is 12.8. The van der Waals surface area contributed by atoms with E-state index in [2.05, 4.69) is 0 Å². The predicted molar refractivity (Wildman–Crippen MR) is 85.3 cm³/mol. The molecule has 0 spiro atoms. The lowest BCUT2D eigenvalue weighted by Crippen LogP contribution is -2.37. The Labute approximate surface area is 136 Å². The highest BCUT2D eigenvalue weighted by molar-refractivity contribution is 7.90. The molecule has 0 aliphatic carbocycles. The number of benzene rings is 1. The van der Waals surface area contributed by atoms with Crippen LogP contribution in [0, 0.1) is 13.8 Å². The monoisotopic (exact) mass is 339 g/mol. The largest absolute Gasteiger partial charge is 0.481 e. The van der Waals surface area contributed by atoms with Gasteiger partial charge < -0.3 is 10.0 Å². The quantitative estimate of drug-likeness (QED) is 0.903. The van der Waals surface area contributed by atoms with E-state index >= 15 is 0 Å². The van der Waals surface area contributed by atoms with Crippen LogP contribution >= 0.6 is 0 Å². The SMILES string of the molecule is Cc1cc(S(C)(=O)=O)cc(C(=O)N2CCCC2CC(=O)O)c1C. The number of carboxylic acids is 1. The summed E-state index contributed by atoms with van der Waals surface area (Å²) in [5.41, 5.74) is 1.79. The first kappa shape index (κ1) is 17.5. The third-order valence-corrected chi connectivity index (χ3v) is 5.44. The van der Waals surface area contributed by atoms with Crippen molar-refractivity contribution < 1.29 is 23.1 Å². The first-order valence-corrected chi connectivity index (χ1v) is 9.34. The molecule has 7 heteroatoms. The van der Waals surface area contributed by atoms with E-state index in [1.165, 1.54) is 6.07 Å². The van der Waals surface area contributed by atoms with Crippen LogP contribution in [-0.2, 0) is 14.6 Å². The maximum atomic E-state index is 12.8. The molecule has 126 valence electrons. The molecule has 1 fully saturated rings. The average molecular weight is 339 g/mol. The zero-order valence-electron chi connectivity index (χ0n) is 13.5. The van der Waals surface area contributed by atoms with Crippen LogP contribution in [-0.4, -0.2) is 49.1 Å². The molecule has 1 aliphatic rings. The second-order valence-electron chi connectivity index (χ2n) is 6.08. The molecule has 1 heterocycles. The number of amides is 1. The van der Waals surface area contributed by atoms with Crippen molar-refractivity contribution in [2.45, 2.75) is 44.0 Å². The number of carbonyl (C=O) groups is 2. The number of carbonyl (C=O) groups excluding carboxylic acids is 1. The van der Waals surface area contributed by atoms with E-state index in [4.69, 9.17) is 5.11 Å². The lowest BCUT2D eigenvalue weighted by Gasteiger charge is -2.25. The molecular weight excluding hydrogens is 318 g/mol. The molecule has 1 aromatic rings. The molecule has 2 rings (SSSR count). The van der Waals surface area contributed by atoms with Gasteiger partial charge in [-0.25, -0.2) is 8.42 Å². The minimum absolute atomic E-state index is 0.0878. The fraction of sp³-hybridized carbons (Fsp3) is 0.500.